The summed E-state index contributed by atoms with van der Waals surface area (Å²) >= 11 is 0. The van der Waals surface area contributed by atoms with Gasteiger partial charge in [-0.3, -0.25) is 0 Å². The molecule has 0 saturated heterocycles. The molecule has 0 radical (unpaired) electrons. The summed E-state index contributed by atoms with van der Waals surface area (Å²) < 4.78 is 0. The monoisotopic (exact) mass is 593 g/mol. The van der Waals surface area contributed by atoms with Gasteiger partial charge in [-0.25, -0.2) is 14.5 Å². The Morgan fingerprint density at radius 2 is 1.36 bits per heavy atom. The normalized spacial score (nSPS) is 29.5. The molecule has 0 heterocycles. The molecular weight excluding hydrogens is 520 g/mol. The molecule has 6 heteroatoms. The molecule has 2 saturated carbocycles. The third kappa shape index (κ3) is 12.4. The number of hydrogen-bond acceptors (Lipinski definition) is 3. The minimum atomic E-state index is -0.274. The molecule has 4 N–H and O–H groups in total. The standard InChI is InChI=1S/C34H66N4O2.C2H6/c1-12-25(3)14-32(8,9)22-36-28(39)38(24-34(11)18-27(19-35)16-31(6,7)21-34)29(40)37-23-33(10)17-26(13-2)15-30(4,5)20-33;1-2/h25-27H,12-24,35H2,1-11H3,(H,36,39)(H,37,40);1-2H3. The fourth-order valence-electron chi connectivity index (χ4n) is 8.98. The van der Waals surface area contributed by atoms with Crippen LogP contribution in [0.1, 0.15) is 148 Å². The molecule has 0 aromatic carbocycles. The highest BCUT2D eigenvalue weighted by atomic mass is 16.2. The summed E-state index contributed by atoms with van der Waals surface area (Å²) in [6.45, 7) is 31.2. The number of nitrogens with zero attached hydrogens (tertiary/aromatic N) is 1. The molecule has 6 nitrogen and oxygen atoms in total. The highest BCUT2D eigenvalue weighted by molar-refractivity contribution is 5.93. The van der Waals surface area contributed by atoms with Crippen LogP contribution in [0.2, 0.25) is 0 Å². The maximum Gasteiger partial charge on any atom is 0.325 e. The molecule has 5 unspecified atom stereocenters. The number of nitrogens with one attached hydrogen (secondary N) is 2. The van der Waals surface area contributed by atoms with Gasteiger partial charge in [0.15, 0.2) is 0 Å². The average molecular weight is 593 g/mol. The molecule has 0 bridgehead atoms. The molecule has 2 rings (SSSR count). The van der Waals surface area contributed by atoms with Crippen LogP contribution in [0, 0.1) is 44.8 Å². The summed E-state index contributed by atoms with van der Waals surface area (Å²) in [4.78, 5) is 29.2. The van der Waals surface area contributed by atoms with Crippen LogP contribution in [0.3, 0.4) is 0 Å². The minimum absolute atomic E-state index is 0.0277. The number of carbonyl (C=O) groups excluding carboxylic acids is 2. The van der Waals surface area contributed by atoms with Crippen LogP contribution in [0.25, 0.3) is 0 Å². The van der Waals surface area contributed by atoms with E-state index in [0.717, 1.165) is 44.9 Å². The number of urea groups is 2. The summed E-state index contributed by atoms with van der Waals surface area (Å²) in [5.41, 5.74) is 6.37. The minimum Gasteiger partial charge on any atom is -0.337 e. The fourth-order valence-corrected chi connectivity index (χ4v) is 8.98. The lowest BCUT2D eigenvalue weighted by molar-refractivity contribution is 0.0373. The van der Waals surface area contributed by atoms with E-state index in [-0.39, 0.29) is 39.1 Å². The Kier molecular flexibility index (Phi) is 14.4. The van der Waals surface area contributed by atoms with Crippen molar-refractivity contribution in [1.82, 2.24) is 15.5 Å². The van der Waals surface area contributed by atoms with Crippen LogP contribution in [0.4, 0.5) is 9.59 Å². The molecule has 0 aliphatic heterocycles. The molecule has 2 aliphatic rings. The van der Waals surface area contributed by atoms with Crippen molar-refractivity contribution in [3.05, 3.63) is 0 Å². The van der Waals surface area contributed by atoms with Crippen molar-refractivity contribution < 1.29 is 9.59 Å². The number of hydrogen-bond donors (Lipinski definition) is 3. The lowest BCUT2D eigenvalue weighted by Gasteiger charge is -2.48. The van der Waals surface area contributed by atoms with Gasteiger partial charge in [0.25, 0.3) is 0 Å². The molecule has 2 fully saturated rings. The zero-order valence-electron chi connectivity index (χ0n) is 30.3. The Morgan fingerprint density at radius 3 is 1.88 bits per heavy atom. The predicted molar refractivity (Wildman–Crippen MR) is 181 cm³/mol. The average Bonchev–Trinajstić information content (AvgIpc) is 2.87. The molecular formula is C36H72N4O2. The van der Waals surface area contributed by atoms with E-state index in [2.05, 4.69) is 86.8 Å². The van der Waals surface area contributed by atoms with Gasteiger partial charge in [0.1, 0.15) is 0 Å². The summed E-state index contributed by atoms with van der Waals surface area (Å²) in [5.74, 6) is 1.68. The quantitative estimate of drug-likeness (QED) is 0.223. The van der Waals surface area contributed by atoms with E-state index in [4.69, 9.17) is 5.73 Å². The second kappa shape index (κ2) is 15.6. The molecule has 0 aromatic heterocycles. The maximum absolute atomic E-state index is 13.9. The van der Waals surface area contributed by atoms with Gasteiger partial charge in [-0.1, -0.05) is 103 Å². The first kappa shape index (κ1) is 38.7. The van der Waals surface area contributed by atoms with Gasteiger partial charge in [-0.05, 0) is 96.3 Å². The highest BCUT2D eigenvalue weighted by Crippen LogP contribution is 2.50. The van der Waals surface area contributed by atoms with Crippen molar-refractivity contribution >= 4 is 12.1 Å². The summed E-state index contributed by atoms with van der Waals surface area (Å²) in [6, 6.07) is -0.534. The predicted octanol–water partition coefficient (Wildman–Crippen LogP) is 9.23. The van der Waals surface area contributed by atoms with E-state index >= 15 is 0 Å². The number of imide groups is 1. The summed E-state index contributed by atoms with van der Waals surface area (Å²) in [6.07, 6.45) is 9.77. The molecule has 0 spiro atoms. The first-order chi connectivity index (χ1) is 19.3. The smallest absolute Gasteiger partial charge is 0.325 e. The molecule has 5 atom stereocenters. The van der Waals surface area contributed by atoms with Gasteiger partial charge in [-0.15, -0.1) is 0 Å². The highest BCUT2D eigenvalue weighted by Gasteiger charge is 2.44. The lowest BCUT2D eigenvalue weighted by Crippen LogP contribution is -2.56. The summed E-state index contributed by atoms with van der Waals surface area (Å²) in [7, 11) is 0. The SMILES string of the molecule is CC.CCC(C)CC(C)(C)CNC(=O)N(CC1(C)CC(CN)CC(C)(C)C1)C(=O)NCC1(C)CC(CC)CC(C)(C)C1. The van der Waals surface area contributed by atoms with Crippen LogP contribution in [-0.2, 0) is 0 Å². The fraction of sp³-hybridized carbons (Fsp3) is 0.944. The first-order valence-electron chi connectivity index (χ1n) is 17.3. The van der Waals surface area contributed by atoms with Gasteiger partial charge in [-0.2, -0.15) is 0 Å². The van der Waals surface area contributed by atoms with E-state index in [1.54, 1.807) is 0 Å². The van der Waals surface area contributed by atoms with E-state index < -0.39 is 0 Å². The number of amides is 4. The maximum atomic E-state index is 13.9. The van der Waals surface area contributed by atoms with Gasteiger partial charge >= 0.3 is 12.1 Å². The van der Waals surface area contributed by atoms with Crippen LogP contribution in [0.15, 0.2) is 0 Å². The van der Waals surface area contributed by atoms with Gasteiger partial charge in [0, 0.05) is 19.6 Å². The van der Waals surface area contributed by atoms with Gasteiger partial charge in [0.2, 0.25) is 0 Å². The number of rotatable bonds is 11. The molecule has 2 aliphatic carbocycles. The molecule has 42 heavy (non-hydrogen) atoms. The zero-order chi connectivity index (χ0) is 32.6. The Bertz CT molecular complexity index is 853. The third-order valence-electron chi connectivity index (χ3n) is 9.98. The second-order valence-corrected chi connectivity index (χ2v) is 17.3. The van der Waals surface area contributed by atoms with Crippen LogP contribution < -0.4 is 16.4 Å². The number of carbonyl (C=O) groups is 2. The largest absolute Gasteiger partial charge is 0.337 e. The van der Waals surface area contributed by atoms with E-state index in [0.29, 0.717) is 43.9 Å². The van der Waals surface area contributed by atoms with Crippen LogP contribution >= 0.6 is 0 Å². The Labute approximate surface area is 261 Å². The topological polar surface area (TPSA) is 87.5 Å². The van der Waals surface area contributed by atoms with E-state index in [1.165, 1.54) is 17.7 Å². The third-order valence-corrected chi connectivity index (χ3v) is 9.98. The van der Waals surface area contributed by atoms with Crippen molar-refractivity contribution in [1.29, 1.82) is 0 Å². The second-order valence-electron chi connectivity index (χ2n) is 17.3. The molecule has 4 amide bonds. The van der Waals surface area contributed by atoms with E-state index in [1.807, 2.05) is 13.8 Å². The lowest BCUT2D eigenvalue weighted by atomic mass is 9.60. The number of nitrogens with two attached hydrogens (primary N) is 1. The van der Waals surface area contributed by atoms with Gasteiger partial charge in [0.05, 0.1) is 0 Å². The molecule has 248 valence electrons. The van der Waals surface area contributed by atoms with Crippen LogP contribution in [0.5, 0.6) is 0 Å². The Morgan fingerprint density at radius 1 is 0.857 bits per heavy atom. The first-order valence-corrected chi connectivity index (χ1v) is 17.3. The zero-order valence-corrected chi connectivity index (χ0v) is 30.3. The van der Waals surface area contributed by atoms with Crippen LogP contribution in [-0.4, -0.2) is 43.1 Å². The van der Waals surface area contributed by atoms with Gasteiger partial charge < -0.3 is 16.4 Å². The van der Waals surface area contributed by atoms with Crippen molar-refractivity contribution in [3.63, 3.8) is 0 Å². The Balaban J connectivity index is 0.00000431. The van der Waals surface area contributed by atoms with Crippen molar-refractivity contribution in [2.24, 2.45) is 50.6 Å². The van der Waals surface area contributed by atoms with Crippen molar-refractivity contribution in [2.75, 3.05) is 26.2 Å². The summed E-state index contributed by atoms with van der Waals surface area (Å²) in [5, 5.41) is 6.41. The molecule has 0 aromatic rings. The van der Waals surface area contributed by atoms with E-state index in [9.17, 15) is 9.59 Å². The Hall–Kier alpha value is -1.30. The van der Waals surface area contributed by atoms with Crippen molar-refractivity contribution in [2.45, 2.75) is 148 Å². The van der Waals surface area contributed by atoms with Crippen molar-refractivity contribution in [3.8, 4) is 0 Å².